The molecule has 1 N–H and O–H groups in total. The van der Waals surface area contributed by atoms with Crippen LogP contribution in [0.25, 0.3) is 17.1 Å². The van der Waals surface area contributed by atoms with Gasteiger partial charge in [0.1, 0.15) is 11.6 Å². The summed E-state index contributed by atoms with van der Waals surface area (Å²) in [7, 11) is 0. The number of thioether (sulfide) groups is 1. The number of rotatable bonds is 7. The maximum Gasteiger partial charge on any atom is 0.230 e. The van der Waals surface area contributed by atoms with Gasteiger partial charge in [-0.2, -0.15) is 0 Å². The number of amides is 1. The summed E-state index contributed by atoms with van der Waals surface area (Å²) >= 11 is 1.28. The minimum absolute atomic E-state index is 0.0657. The number of aromatic nitrogens is 3. The van der Waals surface area contributed by atoms with Crippen molar-refractivity contribution in [1.29, 1.82) is 0 Å². The number of nitrogens with one attached hydrogen (secondary N) is 1. The van der Waals surface area contributed by atoms with Gasteiger partial charge >= 0.3 is 0 Å². The van der Waals surface area contributed by atoms with E-state index < -0.39 is 0 Å². The second-order valence-corrected chi connectivity index (χ2v) is 7.12. The van der Waals surface area contributed by atoms with Gasteiger partial charge in [0.15, 0.2) is 11.0 Å². The van der Waals surface area contributed by atoms with Gasteiger partial charge in [0, 0.05) is 11.7 Å². The minimum atomic E-state index is -0.324. The zero-order chi connectivity index (χ0) is 19.4. The quantitative estimate of drug-likeness (QED) is 0.620. The van der Waals surface area contributed by atoms with E-state index in [9.17, 15) is 9.18 Å². The predicted octanol–water partition coefficient (Wildman–Crippen LogP) is 3.98. The average molecular weight is 388 g/mol. The van der Waals surface area contributed by atoms with E-state index in [4.69, 9.17) is 4.42 Å². The molecule has 0 saturated carbocycles. The van der Waals surface area contributed by atoms with Crippen LogP contribution in [0, 0.1) is 12.7 Å². The van der Waals surface area contributed by atoms with Crippen molar-refractivity contribution in [1.82, 2.24) is 20.1 Å². The Hall–Kier alpha value is -2.61. The van der Waals surface area contributed by atoms with Gasteiger partial charge in [-0.25, -0.2) is 4.39 Å². The van der Waals surface area contributed by atoms with Crippen LogP contribution in [0.15, 0.2) is 46.2 Å². The summed E-state index contributed by atoms with van der Waals surface area (Å²) in [5, 5.41) is 12.0. The number of furan rings is 1. The number of halogens is 1. The Bertz CT molecular complexity index is 920. The molecule has 0 spiro atoms. The minimum Gasteiger partial charge on any atom is -0.469 e. The molecule has 3 rings (SSSR count). The van der Waals surface area contributed by atoms with Gasteiger partial charge in [0.2, 0.25) is 5.91 Å². The van der Waals surface area contributed by atoms with Crippen molar-refractivity contribution in [2.45, 2.75) is 38.4 Å². The van der Waals surface area contributed by atoms with E-state index in [2.05, 4.69) is 15.5 Å². The number of hydrogen-bond acceptors (Lipinski definition) is 5. The van der Waals surface area contributed by atoms with Crippen LogP contribution in [0.3, 0.4) is 0 Å². The Labute approximate surface area is 161 Å². The Morgan fingerprint density at radius 1 is 1.30 bits per heavy atom. The lowest BCUT2D eigenvalue weighted by Gasteiger charge is -2.12. The van der Waals surface area contributed by atoms with Gasteiger partial charge < -0.3 is 9.73 Å². The summed E-state index contributed by atoms with van der Waals surface area (Å²) in [6.07, 6.45) is 2.45. The van der Waals surface area contributed by atoms with Crippen LogP contribution in [0.4, 0.5) is 4.39 Å². The van der Waals surface area contributed by atoms with Crippen molar-refractivity contribution in [2.24, 2.45) is 0 Å². The van der Waals surface area contributed by atoms with Crippen LogP contribution in [0.5, 0.6) is 0 Å². The molecule has 0 aliphatic carbocycles. The van der Waals surface area contributed by atoms with Crippen molar-refractivity contribution in [3.05, 3.63) is 48.2 Å². The van der Waals surface area contributed by atoms with Crippen LogP contribution < -0.4 is 5.32 Å². The van der Waals surface area contributed by atoms with E-state index in [1.807, 2.05) is 26.8 Å². The first-order valence-corrected chi connectivity index (χ1v) is 9.66. The topological polar surface area (TPSA) is 73.0 Å². The first kappa shape index (κ1) is 19.2. The lowest BCUT2D eigenvalue weighted by Crippen LogP contribution is -2.33. The molecule has 0 aliphatic rings. The zero-order valence-corrected chi connectivity index (χ0v) is 16.2. The van der Waals surface area contributed by atoms with Gasteiger partial charge in [-0.05, 0) is 50.6 Å². The van der Waals surface area contributed by atoms with Crippen LogP contribution >= 0.6 is 11.8 Å². The molecule has 0 bridgehead atoms. The smallest absolute Gasteiger partial charge is 0.230 e. The van der Waals surface area contributed by atoms with Gasteiger partial charge in [0.25, 0.3) is 0 Å². The largest absolute Gasteiger partial charge is 0.469 e. The van der Waals surface area contributed by atoms with Gasteiger partial charge in [-0.1, -0.05) is 18.7 Å². The highest BCUT2D eigenvalue weighted by molar-refractivity contribution is 7.99. The van der Waals surface area contributed by atoms with Crippen molar-refractivity contribution >= 4 is 17.7 Å². The van der Waals surface area contributed by atoms with Crippen LogP contribution in [-0.4, -0.2) is 32.5 Å². The first-order valence-electron chi connectivity index (χ1n) is 8.67. The fraction of sp³-hybridized carbons (Fsp3) is 0.316. The van der Waals surface area contributed by atoms with Crippen LogP contribution in [-0.2, 0) is 4.79 Å². The zero-order valence-electron chi connectivity index (χ0n) is 15.4. The molecular formula is C19H21FN4O2S. The molecule has 8 heteroatoms. The van der Waals surface area contributed by atoms with Gasteiger partial charge in [-0.15, -0.1) is 10.2 Å². The van der Waals surface area contributed by atoms with Crippen molar-refractivity contribution in [3.63, 3.8) is 0 Å². The monoisotopic (exact) mass is 388 g/mol. The fourth-order valence-electron chi connectivity index (χ4n) is 2.53. The molecule has 0 aliphatic heterocycles. The number of carbonyl (C=O) groups is 1. The molecule has 0 saturated heterocycles. The predicted molar refractivity (Wildman–Crippen MR) is 102 cm³/mol. The van der Waals surface area contributed by atoms with E-state index in [0.717, 1.165) is 12.0 Å². The van der Waals surface area contributed by atoms with E-state index >= 15 is 0 Å². The maximum atomic E-state index is 13.4. The summed E-state index contributed by atoms with van der Waals surface area (Å²) < 4.78 is 20.5. The summed E-state index contributed by atoms with van der Waals surface area (Å²) in [4.78, 5) is 12.1. The highest BCUT2D eigenvalue weighted by Gasteiger charge is 2.20. The Morgan fingerprint density at radius 3 is 2.67 bits per heavy atom. The van der Waals surface area contributed by atoms with Crippen molar-refractivity contribution < 1.29 is 13.6 Å². The lowest BCUT2D eigenvalue weighted by atomic mass is 10.2. The van der Waals surface area contributed by atoms with Crippen molar-refractivity contribution in [2.75, 3.05) is 5.75 Å². The summed E-state index contributed by atoms with van der Waals surface area (Å²) in [6, 6.07) is 8.00. The molecule has 0 fully saturated rings. The number of benzene rings is 1. The van der Waals surface area contributed by atoms with E-state index in [-0.39, 0.29) is 23.5 Å². The molecular weight excluding hydrogens is 367 g/mol. The Kier molecular flexibility index (Phi) is 5.95. The van der Waals surface area contributed by atoms with E-state index in [1.165, 1.54) is 23.9 Å². The van der Waals surface area contributed by atoms with E-state index in [1.54, 1.807) is 23.0 Å². The SMILES string of the molecule is CC[C@H](C)NC(=O)CSc1nnc(-c2ccoc2C)n1-c1ccc(F)cc1. The molecule has 3 aromatic rings. The molecule has 2 aromatic heterocycles. The average Bonchev–Trinajstić information content (AvgIpc) is 3.26. The summed E-state index contributed by atoms with van der Waals surface area (Å²) in [5.74, 6) is 1.11. The normalized spacial score (nSPS) is 12.1. The van der Waals surface area contributed by atoms with E-state index in [0.29, 0.717) is 22.4 Å². The standard InChI is InChI=1S/C19H21FN4O2S/c1-4-12(2)21-17(25)11-27-19-23-22-18(16-9-10-26-13(16)3)24(19)15-7-5-14(20)6-8-15/h5-10,12H,4,11H2,1-3H3,(H,21,25)/t12-/m0/s1. The summed E-state index contributed by atoms with van der Waals surface area (Å²) in [5.41, 5.74) is 1.50. The number of nitrogens with zero attached hydrogens (tertiary/aromatic N) is 3. The van der Waals surface area contributed by atoms with Gasteiger partial charge in [-0.3, -0.25) is 9.36 Å². The molecule has 6 nitrogen and oxygen atoms in total. The van der Waals surface area contributed by atoms with Crippen molar-refractivity contribution in [3.8, 4) is 17.1 Å². The molecule has 1 aromatic carbocycles. The third-order valence-corrected chi connectivity index (χ3v) is 5.10. The number of aryl methyl sites for hydroxylation is 1. The third-order valence-electron chi connectivity index (χ3n) is 4.17. The molecule has 1 amide bonds. The Morgan fingerprint density at radius 2 is 2.04 bits per heavy atom. The highest BCUT2D eigenvalue weighted by Crippen LogP contribution is 2.30. The second-order valence-electron chi connectivity index (χ2n) is 6.17. The molecule has 2 heterocycles. The molecule has 0 radical (unpaired) electrons. The second kappa shape index (κ2) is 8.39. The molecule has 142 valence electrons. The third kappa shape index (κ3) is 4.39. The fourth-order valence-corrected chi connectivity index (χ4v) is 3.29. The molecule has 0 unspecified atom stereocenters. The number of carbonyl (C=O) groups excluding carboxylic acids is 1. The maximum absolute atomic E-state index is 13.4. The molecule has 1 atom stereocenters. The Balaban J connectivity index is 1.92. The number of hydrogen-bond donors (Lipinski definition) is 1. The van der Waals surface area contributed by atoms with Crippen LogP contribution in [0.2, 0.25) is 0 Å². The summed E-state index contributed by atoms with van der Waals surface area (Å²) in [6.45, 7) is 5.82. The van der Waals surface area contributed by atoms with Crippen LogP contribution in [0.1, 0.15) is 26.0 Å². The molecule has 27 heavy (non-hydrogen) atoms. The highest BCUT2D eigenvalue weighted by atomic mass is 32.2. The first-order chi connectivity index (χ1) is 13.0. The van der Waals surface area contributed by atoms with Gasteiger partial charge in [0.05, 0.1) is 17.6 Å². The lowest BCUT2D eigenvalue weighted by molar-refractivity contribution is -0.119.